The minimum atomic E-state index is -0.507. The van der Waals surface area contributed by atoms with Crippen LogP contribution in [0, 0.1) is 18.6 Å². The molecule has 0 radical (unpaired) electrons. The minimum absolute atomic E-state index is 0.000490. The molecule has 9 nitrogen and oxygen atoms in total. The van der Waals surface area contributed by atoms with Crippen molar-refractivity contribution in [2.24, 2.45) is 0 Å². The second-order valence-electron chi connectivity index (χ2n) is 8.36. The van der Waals surface area contributed by atoms with Gasteiger partial charge in [0.05, 0.1) is 25.5 Å². The van der Waals surface area contributed by atoms with E-state index >= 15 is 0 Å². The fourth-order valence-corrected chi connectivity index (χ4v) is 3.86. The highest BCUT2D eigenvalue weighted by Crippen LogP contribution is 2.22. The Labute approximate surface area is 204 Å². The molecular weight excluding hydrogens is 466 g/mol. The van der Waals surface area contributed by atoms with Crippen molar-refractivity contribution in [1.82, 2.24) is 34.8 Å². The third-order valence-corrected chi connectivity index (χ3v) is 5.76. The summed E-state index contributed by atoms with van der Waals surface area (Å²) in [5.41, 5.74) is 8.04. The van der Waals surface area contributed by atoms with Crippen LogP contribution in [0.2, 0.25) is 0 Å². The van der Waals surface area contributed by atoms with Crippen LogP contribution in [0.3, 0.4) is 0 Å². The highest BCUT2D eigenvalue weighted by molar-refractivity contribution is 5.92. The van der Waals surface area contributed by atoms with E-state index in [-0.39, 0.29) is 24.0 Å². The van der Waals surface area contributed by atoms with E-state index < -0.39 is 11.7 Å². The molecule has 0 fully saturated rings. The number of nitrogens with zero attached hydrogens (tertiary/aromatic N) is 6. The van der Waals surface area contributed by atoms with Crippen LogP contribution in [0.25, 0.3) is 10.8 Å². The summed E-state index contributed by atoms with van der Waals surface area (Å²) < 4.78 is 30.8. The molecule has 1 amide bonds. The van der Waals surface area contributed by atoms with Crippen molar-refractivity contribution in [2.75, 3.05) is 5.73 Å². The second-order valence-corrected chi connectivity index (χ2v) is 8.36. The number of fused-ring (bicyclic) bond motifs is 1. The van der Waals surface area contributed by atoms with Gasteiger partial charge in [0.15, 0.2) is 5.82 Å². The molecule has 182 valence electrons. The molecule has 0 bridgehead atoms. The minimum Gasteiger partial charge on any atom is -0.383 e. The number of nitrogens with one attached hydrogen (secondary N) is 1. The predicted octanol–water partition coefficient (Wildman–Crippen LogP) is 3.22. The molecule has 0 saturated heterocycles. The number of rotatable bonds is 7. The quantitative estimate of drug-likeness (QED) is 0.363. The molecule has 0 spiro atoms. The monoisotopic (exact) mass is 488 g/mol. The Morgan fingerprint density at radius 3 is 2.56 bits per heavy atom. The number of benzene rings is 2. The van der Waals surface area contributed by atoms with Crippen LogP contribution in [-0.4, -0.2) is 35.4 Å². The third-order valence-electron chi connectivity index (χ3n) is 5.76. The summed E-state index contributed by atoms with van der Waals surface area (Å²) in [4.78, 5) is 20.9. The molecule has 3 N–H and O–H groups in total. The number of nitrogens with two attached hydrogens (primary N) is 1. The maximum absolute atomic E-state index is 14.5. The van der Waals surface area contributed by atoms with Crippen LogP contribution in [0.15, 0.2) is 61.1 Å². The van der Waals surface area contributed by atoms with Gasteiger partial charge in [0.1, 0.15) is 17.5 Å². The van der Waals surface area contributed by atoms with Gasteiger partial charge in [0, 0.05) is 23.7 Å². The number of amides is 1. The Kier molecular flexibility index (Phi) is 6.11. The lowest BCUT2D eigenvalue weighted by Gasteiger charge is -2.08. The van der Waals surface area contributed by atoms with Gasteiger partial charge in [-0.05, 0) is 41.6 Å². The van der Waals surface area contributed by atoms with Crippen LogP contribution in [-0.2, 0) is 19.6 Å². The zero-order chi connectivity index (χ0) is 25.2. The number of anilines is 1. The zero-order valence-electron chi connectivity index (χ0n) is 19.3. The summed E-state index contributed by atoms with van der Waals surface area (Å²) in [6.45, 7) is 2.60. The number of carbonyl (C=O) groups excluding carboxylic acids is 1. The van der Waals surface area contributed by atoms with E-state index in [0.717, 1.165) is 16.5 Å². The second kappa shape index (κ2) is 9.53. The molecule has 5 rings (SSSR count). The largest absolute Gasteiger partial charge is 0.383 e. The van der Waals surface area contributed by atoms with Crippen molar-refractivity contribution >= 4 is 22.5 Å². The maximum atomic E-state index is 14.5. The molecule has 36 heavy (non-hydrogen) atoms. The van der Waals surface area contributed by atoms with Crippen molar-refractivity contribution in [3.63, 3.8) is 0 Å². The molecule has 11 heteroatoms. The van der Waals surface area contributed by atoms with E-state index in [1.165, 1.54) is 23.1 Å². The molecule has 3 aromatic heterocycles. The van der Waals surface area contributed by atoms with Gasteiger partial charge in [-0.25, -0.2) is 23.4 Å². The maximum Gasteiger partial charge on any atom is 0.291 e. The van der Waals surface area contributed by atoms with E-state index in [0.29, 0.717) is 29.9 Å². The lowest BCUT2D eigenvalue weighted by molar-refractivity contribution is 0.0940. The SMILES string of the molecule is Cc1nc(C(=O)NCc2cc3ccnc(N)c3cc2F)nn1Cc1ccc(Cn2cc(F)cn2)cc1. The Morgan fingerprint density at radius 2 is 1.83 bits per heavy atom. The third kappa shape index (κ3) is 4.90. The fraction of sp³-hybridized carbons (Fsp3) is 0.160. The standard InChI is InChI=1S/C25H22F2N8O/c1-15-32-24(25(36)30-10-19-8-18-6-7-29-23(28)21(18)9-22(19)27)33-35(15)13-17-4-2-16(3-5-17)12-34-14-20(26)11-31-34/h2-9,11,14H,10,12-13H2,1H3,(H2,28,29)(H,30,36). The van der Waals surface area contributed by atoms with Crippen molar-refractivity contribution in [2.45, 2.75) is 26.6 Å². The highest BCUT2D eigenvalue weighted by Gasteiger charge is 2.16. The molecule has 0 saturated carbocycles. The first kappa shape index (κ1) is 23.1. The van der Waals surface area contributed by atoms with Crippen LogP contribution in [0.1, 0.15) is 33.1 Å². The Balaban J connectivity index is 1.23. The number of hydrogen-bond donors (Lipinski definition) is 2. The molecule has 0 unspecified atom stereocenters. The molecule has 3 heterocycles. The van der Waals surface area contributed by atoms with Crippen LogP contribution in [0.5, 0.6) is 0 Å². The van der Waals surface area contributed by atoms with Crippen molar-refractivity contribution in [3.05, 3.63) is 101 Å². The van der Waals surface area contributed by atoms with Gasteiger partial charge in [-0.3, -0.25) is 9.48 Å². The number of hydrogen-bond acceptors (Lipinski definition) is 6. The van der Waals surface area contributed by atoms with E-state index in [1.54, 1.807) is 29.9 Å². The first-order chi connectivity index (χ1) is 17.4. The first-order valence-electron chi connectivity index (χ1n) is 11.1. The van der Waals surface area contributed by atoms with E-state index in [9.17, 15) is 13.6 Å². The Hall–Kier alpha value is -4.67. The van der Waals surface area contributed by atoms with Gasteiger partial charge in [-0.1, -0.05) is 24.3 Å². The zero-order valence-corrected chi connectivity index (χ0v) is 19.3. The van der Waals surface area contributed by atoms with Crippen LogP contribution < -0.4 is 11.1 Å². The van der Waals surface area contributed by atoms with Gasteiger partial charge in [-0.2, -0.15) is 5.10 Å². The number of aromatic nitrogens is 6. The number of nitrogen functional groups attached to an aromatic ring is 1. The van der Waals surface area contributed by atoms with Crippen molar-refractivity contribution in [3.8, 4) is 0 Å². The van der Waals surface area contributed by atoms with Crippen LogP contribution >= 0.6 is 0 Å². The molecule has 0 aliphatic heterocycles. The van der Waals surface area contributed by atoms with Gasteiger partial charge >= 0.3 is 0 Å². The average molecular weight is 489 g/mol. The summed E-state index contributed by atoms with van der Waals surface area (Å²) in [7, 11) is 0. The number of pyridine rings is 1. The normalized spacial score (nSPS) is 11.2. The molecular formula is C25H22F2N8O. The number of halogens is 2. The lowest BCUT2D eigenvalue weighted by Crippen LogP contribution is -2.24. The van der Waals surface area contributed by atoms with Gasteiger partial charge < -0.3 is 11.1 Å². The van der Waals surface area contributed by atoms with E-state index in [4.69, 9.17) is 5.73 Å². The van der Waals surface area contributed by atoms with Crippen molar-refractivity contribution < 1.29 is 13.6 Å². The summed E-state index contributed by atoms with van der Waals surface area (Å²) in [5.74, 6) is -0.560. The summed E-state index contributed by atoms with van der Waals surface area (Å²) in [6, 6.07) is 12.4. The lowest BCUT2D eigenvalue weighted by atomic mass is 10.1. The predicted molar refractivity (Wildman–Crippen MR) is 129 cm³/mol. The molecule has 5 aromatic rings. The van der Waals surface area contributed by atoms with E-state index in [2.05, 4.69) is 25.5 Å². The number of carbonyl (C=O) groups is 1. The summed E-state index contributed by atoms with van der Waals surface area (Å²) >= 11 is 0. The molecule has 2 aromatic carbocycles. The van der Waals surface area contributed by atoms with Gasteiger partial charge in [-0.15, -0.1) is 5.10 Å². The Morgan fingerprint density at radius 1 is 1.08 bits per heavy atom. The highest BCUT2D eigenvalue weighted by atomic mass is 19.1. The Bertz CT molecular complexity index is 1560. The molecule has 0 atom stereocenters. The van der Waals surface area contributed by atoms with E-state index in [1.807, 2.05) is 24.3 Å². The summed E-state index contributed by atoms with van der Waals surface area (Å²) in [5, 5.41) is 12.2. The smallest absolute Gasteiger partial charge is 0.291 e. The topological polar surface area (TPSA) is 117 Å². The van der Waals surface area contributed by atoms with Crippen molar-refractivity contribution in [1.29, 1.82) is 0 Å². The average Bonchev–Trinajstić information content (AvgIpc) is 3.44. The number of aryl methyl sites for hydroxylation is 1. The van der Waals surface area contributed by atoms with Crippen LogP contribution in [0.4, 0.5) is 14.6 Å². The first-order valence-corrected chi connectivity index (χ1v) is 11.1. The molecule has 0 aliphatic rings. The molecule has 0 aliphatic carbocycles. The van der Waals surface area contributed by atoms with Gasteiger partial charge in [0.2, 0.25) is 5.82 Å². The summed E-state index contributed by atoms with van der Waals surface area (Å²) in [6.07, 6.45) is 4.05. The van der Waals surface area contributed by atoms with Gasteiger partial charge in [0.25, 0.3) is 5.91 Å². The fourth-order valence-electron chi connectivity index (χ4n) is 3.86.